The van der Waals surface area contributed by atoms with Crippen molar-refractivity contribution in [2.75, 3.05) is 63.1 Å². The number of likely N-dealkylation sites (N-methyl/N-ethyl adjacent to an activating group) is 1. The fraction of sp³-hybridized carbons (Fsp3) is 0.611. The average Bonchev–Trinajstić information content (AvgIpc) is 2.63. The van der Waals surface area contributed by atoms with Crippen LogP contribution in [-0.2, 0) is 0 Å². The van der Waals surface area contributed by atoms with Gasteiger partial charge in [0.1, 0.15) is 0 Å². The van der Waals surface area contributed by atoms with Crippen molar-refractivity contribution in [3.05, 3.63) is 24.3 Å². The maximum absolute atomic E-state index is 12.6. The predicted octanol–water partition coefficient (Wildman–Crippen LogP) is 1.67. The van der Waals surface area contributed by atoms with Gasteiger partial charge in [-0.2, -0.15) is 0 Å². The molecule has 6 nitrogen and oxygen atoms in total. The van der Waals surface area contributed by atoms with Crippen molar-refractivity contribution in [3.8, 4) is 0 Å². The highest BCUT2D eigenvalue weighted by Gasteiger charge is 2.23. The lowest BCUT2D eigenvalue weighted by molar-refractivity contribution is 0.143. The van der Waals surface area contributed by atoms with E-state index in [1.165, 1.54) is 0 Å². The molecule has 2 saturated heterocycles. The number of anilines is 2. The molecule has 0 radical (unpaired) electrons. The first-order valence-electron chi connectivity index (χ1n) is 8.86. The summed E-state index contributed by atoms with van der Waals surface area (Å²) in [6.07, 6.45) is 1.76. The number of carbonyl (C=O) groups excluding carboxylic acids is 1. The molecule has 0 atom stereocenters. The van der Waals surface area contributed by atoms with Gasteiger partial charge in [-0.3, -0.25) is 0 Å². The van der Waals surface area contributed by atoms with Crippen LogP contribution < -0.4 is 10.2 Å². The fourth-order valence-corrected chi connectivity index (χ4v) is 3.42. The Hall–Kier alpha value is -1.79. The maximum Gasteiger partial charge on any atom is 0.321 e. The molecule has 0 bridgehead atoms. The second kappa shape index (κ2) is 7.85. The molecule has 0 unspecified atom stereocenters. The van der Waals surface area contributed by atoms with Gasteiger partial charge in [0.25, 0.3) is 0 Å². The van der Waals surface area contributed by atoms with Crippen LogP contribution in [0.3, 0.4) is 0 Å². The summed E-state index contributed by atoms with van der Waals surface area (Å²) in [6.45, 7) is 5.69. The summed E-state index contributed by atoms with van der Waals surface area (Å²) in [6, 6.07) is 8.02. The Morgan fingerprint density at radius 1 is 1.12 bits per heavy atom. The number of amides is 2. The molecule has 2 N–H and O–H groups in total. The number of hydrogen-bond donors (Lipinski definition) is 2. The Morgan fingerprint density at radius 3 is 2.46 bits per heavy atom. The Balaban J connectivity index is 1.64. The lowest BCUT2D eigenvalue weighted by atomic mass is 9.98. The van der Waals surface area contributed by atoms with Gasteiger partial charge in [0.05, 0.1) is 11.4 Å². The van der Waals surface area contributed by atoms with Gasteiger partial charge >= 0.3 is 6.03 Å². The van der Waals surface area contributed by atoms with Crippen LogP contribution in [-0.4, -0.2) is 73.9 Å². The van der Waals surface area contributed by atoms with Gasteiger partial charge < -0.3 is 25.1 Å². The fourth-order valence-electron chi connectivity index (χ4n) is 3.42. The summed E-state index contributed by atoms with van der Waals surface area (Å²) in [7, 11) is 2.14. The van der Waals surface area contributed by atoms with E-state index in [-0.39, 0.29) is 12.6 Å². The second-order valence-electron chi connectivity index (χ2n) is 6.85. The van der Waals surface area contributed by atoms with Crippen LogP contribution in [0.5, 0.6) is 0 Å². The van der Waals surface area contributed by atoms with Crippen molar-refractivity contribution in [1.29, 1.82) is 0 Å². The van der Waals surface area contributed by atoms with E-state index < -0.39 is 0 Å². The number of aliphatic hydroxyl groups is 1. The minimum Gasteiger partial charge on any atom is -0.396 e. The van der Waals surface area contributed by atoms with E-state index >= 15 is 0 Å². The highest BCUT2D eigenvalue weighted by molar-refractivity contribution is 5.93. The molecule has 24 heavy (non-hydrogen) atoms. The number of para-hydroxylation sites is 2. The highest BCUT2D eigenvalue weighted by Crippen LogP contribution is 2.27. The molecule has 2 fully saturated rings. The number of rotatable bonds is 3. The number of aliphatic hydroxyl groups excluding tert-OH is 1. The van der Waals surface area contributed by atoms with Crippen molar-refractivity contribution < 1.29 is 9.90 Å². The average molecular weight is 332 g/mol. The Labute approximate surface area is 144 Å². The Morgan fingerprint density at radius 2 is 1.79 bits per heavy atom. The highest BCUT2D eigenvalue weighted by atomic mass is 16.3. The molecule has 0 spiro atoms. The van der Waals surface area contributed by atoms with Crippen LogP contribution in [0.2, 0.25) is 0 Å². The molecule has 2 aliphatic rings. The van der Waals surface area contributed by atoms with Crippen molar-refractivity contribution in [3.63, 3.8) is 0 Å². The van der Waals surface area contributed by atoms with Crippen molar-refractivity contribution in [1.82, 2.24) is 9.80 Å². The summed E-state index contributed by atoms with van der Waals surface area (Å²) in [4.78, 5) is 19.1. The first-order valence-corrected chi connectivity index (χ1v) is 8.86. The Kier molecular flexibility index (Phi) is 5.58. The molecular formula is C18H28N4O2. The van der Waals surface area contributed by atoms with Gasteiger partial charge in [0.15, 0.2) is 0 Å². The minimum absolute atomic E-state index is 0.0343. The molecule has 0 saturated carbocycles. The van der Waals surface area contributed by atoms with Gasteiger partial charge in [-0.15, -0.1) is 0 Å². The van der Waals surface area contributed by atoms with Gasteiger partial charge in [-0.25, -0.2) is 4.79 Å². The summed E-state index contributed by atoms with van der Waals surface area (Å²) in [5.41, 5.74) is 1.99. The number of piperidine rings is 1. The van der Waals surface area contributed by atoms with Crippen LogP contribution in [0.1, 0.15) is 12.8 Å². The normalized spacial score (nSPS) is 20.2. The van der Waals surface area contributed by atoms with E-state index in [4.69, 9.17) is 0 Å². The Bertz CT molecular complexity index is 550. The number of hydrogen-bond acceptors (Lipinski definition) is 4. The second-order valence-corrected chi connectivity index (χ2v) is 6.85. The van der Waals surface area contributed by atoms with Crippen LogP contribution in [0.4, 0.5) is 16.2 Å². The van der Waals surface area contributed by atoms with E-state index in [1.807, 2.05) is 23.1 Å². The number of likely N-dealkylation sites (tertiary alicyclic amines) is 1. The molecule has 0 aromatic heterocycles. The molecule has 2 heterocycles. The van der Waals surface area contributed by atoms with Crippen molar-refractivity contribution in [2.24, 2.45) is 5.92 Å². The van der Waals surface area contributed by atoms with Crippen LogP contribution in [0, 0.1) is 5.92 Å². The van der Waals surface area contributed by atoms with Gasteiger partial charge in [0, 0.05) is 45.9 Å². The van der Waals surface area contributed by atoms with E-state index in [1.54, 1.807) is 0 Å². The molecular weight excluding hydrogens is 304 g/mol. The monoisotopic (exact) mass is 332 g/mol. The number of urea groups is 1. The summed E-state index contributed by atoms with van der Waals surface area (Å²) in [5.74, 6) is 0.340. The SMILES string of the molecule is CN1CCN(c2ccccc2NC(=O)N2CCC(CO)CC2)CC1. The molecule has 2 aliphatic heterocycles. The number of piperazine rings is 1. The quantitative estimate of drug-likeness (QED) is 0.884. The first-order chi connectivity index (χ1) is 11.7. The van der Waals surface area contributed by atoms with Gasteiger partial charge in [-0.1, -0.05) is 12.1 Å². The topological polar surface area (TPSA) is 59.0 Å². The largest absolute Gasteiger partial charge is 0.396 e. The third-order valence-corrected chi connectivity index (χ3v) is 5.15. The van der Waals surface area contributed by atoms with Gasteiger partial charge in [0.2, 0.25) is 0 Å². The molecule has 1 aromatic carbocycles. The molecule has 3 rings (SSSR count). The summed E-state index contributed by atoms with van der Waals surface area (Å²) >= 11 is 0. The third kappa shape index (κ3) is 3.99. The zero-order valence-corrected chi connectivity index (χ0v) is 14.4. The lowest BCUT2D eigenvalue weighted by Crippen LogP contribution is -2.45. The first kappa shape index (κ1) is 17.0. The van der Waals surface area contributed by atoms with E-state index in [9.17, 15) is 9.90 Å². The third-order valence-electron chi connectivity index (χ3n) is 5.15. The maximum atomic E-state index is 12.6. The van der Waals surface area contributed by atoms with Crippen molar-refractivity contribution in [2.45, 2.75) is 12.8 Å². The smallest absolute Gasteiger partial charge is 0.321 e. The van der Waals surface area contributed by atoms with E-state index in [0.717, 1.165) is 50.4 Å². The molecule has 0 aliphatic carbocycles. The lowest BCUT2D eigenvalue weighted by Gasteiger charge is -2.35. The number of benzene rings is 1. The van der Waals surface area contributed by atoms with Crippen LogP contribution >= 0.6 is 0 Å². The summed E-state index contributed by atoms with van der Waals surface area (Å²) < 4.78 is 0. The molecule has 2 amide bonds. The van der Waals surface area contributed by atoms with E-state index in [2.05, 4.69) is 28.2 Å². The van der Waals surface area contributed by atoms with Crippen LogP contribution in [0.15, 0.2) is 24.3 Å². The zero-order valence-electron chi connectivity index (χ0n) is 14.4. The van der Waals surface area contributed by atoms with Crippen LogP contribution in [0.25, 0.3) is 0 Å². The van der Waals surface area contributed by atoms with Crippen molar-refractivity contribution >= 4 is 17.4 Å². The minimum atomic E-state index is -0.0343. The zero-order chi connectivity index (χ0) is 16.9. The number of carbonyl (C=O) groups is 1. The summed E-state index contributed by atoms with van der Waals surface area (Å²) in [5, 5.41) is 12.3. The molecule has 6 heteroatoms. The standard InChI is InChI=1S/C18H28N4O2/c1-20-10-12-21(13-11-20)17-5-3-2-4-16(17)19-18(24)22-8-6-15(14-23)7-9-22/h2-5,15,23H,6-14H2,1H3,(H,19,24). The number of nitrogens with zero attached hydrogens (tertiary/aromatic N) is 3. The predicted molar refractivity (Wildman–Crippen MR) is 96.6 cm³/mol. The number of nitrogens with one attached hydrogen (secondary N) is 1. The van der Waals surface area contributed by atoms with Gasteiger partial charge in [-0.05, 0) is 37.9 Å². The molecule has 132 valence electrons. The molecule has 1 aromatic rings. The van der Waals surface area contributed by atoms with E-state index in [0.29, 0.717) is 19.0 Å².